The van der Waals surface area contributed by atoms with Gasteiger partial charge >= 0.3 is 0 Å². The number of aryl methyl sites for hydroxylation is 2. The minimum atomic E-state index is 0.874. The molecule has 0 aliphatic carbocycles. The van der Waals surface area contributed by atoms with Gasteiger partial charge in [-0.3, -0.25) is 4.99 Å². The number of nitrogens with zero attached hydrogens (tertiary/aromatic N) is 4. The highest BCUT2D eigenvalue weighted by Gasteiger charge is 2.17. The lowest BCUT2D eigenvalue weighted by molar-refractivity contribution is 0.375. The van der Waals surface area contributed by atoms with Crippen LogP contribution in [0, 0.1) is 6.92 Å². The topological polar surface area (TPSA) is 45.5 Å². The molecule has 2 heterocycles. The Labute approximate surface area is 169 Å². The SMILES string of the molecule is CCNC(=NCCCCn1ccnc1C)N1CCC(=Cc2ccccc2)CC1. The summed E-state index contributed by atoms with van der Waals surface area (Å²) in [5, 5.41) is 3.47. The van der Waals surface area contributed by atoms with Crippen molar-refractivity contribution in [2.45, 2.75) is 46.1 Å². The summed E-state index contributed by atoms with van der Waals surface area (Å²) in [6, 6.07) is 10.6. The van der Waals surface area contributed by atoms with Crippen LogP contribution in [0.4, 0.5) is 0 Å². The maximum absolute atomic E-state index is 4.87. The lowest BCUT2D eigenvalue weighted by Gasteiger charge is -2.31. The zero-order chi connectivity index (χ0) is 19.6. The summed E-state index contributed by atoms with van der Waals surface area (Å²) in [5.74, 6) is 2.16. The molecule has 0 radical (unpaired) electrons. The molecule has 28 heavy (non-hydrogen) atoms. The minimum Gasteiger partial charge on any atom is -0.357 e. The minimum absolute atomic E-state index is 0.874. The van der Waals surface area contributed by atoms with Crippen LogP contribution in [0.2, 0.25) is 0 Å². The first-order valence-electron chi connectivity index (χ1n) is 10.5. The second-order valence-corrected chi connectivity index (χ2v) is 7.31. The third-order valence-electron chi connectivity index (χ3n) is 5.20. The van der Waals surface area contributed by atoms with Crippen LogP contribution in [-0.4, -0.2) is 46.6 Å². The van der Waals surface area contributed by atoms with Crippen molar-refractivity contribution >= 4 is 12.0 Å². The maximum atomic E-state index is 4.87. The smallest absolute Gasteiger partial charge is 0.193 e. The fraction of sp³-hybridized carbons (Fsp3) is 0.478. The summed E-state index contributed by atoms with van der Waals surface area (Å²) < 4.78 is 2.21. The van der Waals surface area contributed by atoms with Crippen LogP contribution in [0.15, 0.2) is 53.3 Å². The van der Waals surface area contributed by atoms with Gasteiger partial charge in [0.25, 0.3) is 0 Å². The number of imidazole rings is 1. The number of guanidine groups is 1. The number of likely N-dealkylation sites (tertiary alicyclic amines) is 1. The maximum Gasteiger partial charge on any atom is 0.193 e. The molecule has 2 aromatic rings. The molecule has 1 aromatic carbocycles. The van der Waals surface area contributed by atoms with E-state index in [1.54, 1.807) is 0 Å². The molecule has 1 aliphatic heterocycles. The average molecular weight is 380 g/mol. The van der Waals surface area contributed by atoms with Gasteiger partial charge in [-0.15, -0.1) is 0 Å². The number of benzene rings is 1. The van der Waals surface area contributed by atoms with Gasteiger partial charge in [0.15, 0.2) is 5.96 Å². The predicted molar refractivity (Wildman–Crippen MR) is 117 cm³/mol. The summed E-state index contributed by atoms with van der Waals surface area (Å²) in [7, 11) is 0. The van der Waals surface area contributed by atoms with E-state index in [4.69, 9.17) is 4.99 Å². The van der Waals surface area contributed by atoms with Crippen molar-refractivity contribution < 1.29 is 0 Å². The fourth-order valence-electron chi connectivity index (χ4n) is 3.58. The molecule has 150 valence electrons. The number of nitrogens with one attached hydrogen (secondary N) is 1. The zero-order valence-corrected chi connectivity index (χ0v) is 17.3. The second kappa shape index (κ2) is 10.7. The van der Waals surface area contributed by atoms with E-state index in [2.05, 4.69) is 76.2 Å². The molecule has 0 amide bonds. The molecule has 5 heteroatoms. The summed E-state index contributed by atoms with van der Waals surface area (Å²) >= 11 is 0. The van der Waals surface area contributed by atoms with Crippen LogP contribution in [0.3, 0.4) is 0 Å². The number of hydrogen-bond donors (Lipinski definition) is 1. The number of aliphatic imine (C=N–C) groups is 1. The molecule has 1 N–H and O–H groups in total. The van der Waals surface area contributed by atoms with Gasteiger partial charge in [0, 0.05) is 45.1 Å². The van der Waals surface area contributed by atoms with Crippen molar-refractivity contribution in [3.05, 3.63) is 59.7 Å². The second-order valence-electron chi connectivity index (χ2n) is 7.31. The average Bonchev–Trinajstić information content (AvgIpc) is 3.13. The van der Waals surface area contributed by atoms with Gasteiger partial charge in [-0.1, -0.05) is 42.0 Å². The lowest BCUT2D eigenvalue weighted by Crippen LogP contribution is -2.44. The Morgan fingerprint density at radius 3 is 2.64 bits per heavy atom. The summed E-state index contributed by atoms with van der Waals surface area (Å²) in [5.41, 5.74) is 2.84. The van der Waals surface area contributed by atoms with Crippen molar-refractivity contribution in [2.24, 2.45) is 4.99 Å². The van der Waals surface area contributed by atoms with Gasteiger partial charge in [0.2, 0.25) is 0 Å². The Balaban J connectivity index is 1.46. The van der Waals surface area contributed by atoms with E-state index in [0.717, 1.165) is 70.2 Å². The van der Waals surface area contributed by atoms with Gasteiger partial charge in [-0.2, -0.15) is 0 Å². The zero-order valence-electron chi connectivity index (χ0n) is 17.3. The third kappa shape index (κ3) is 5.98. The quantitative estimate of drug-likeness (QED) is 0.447. The van der Waals surface area contributed by atoms with E-state index >= 15 is 0 Å². The first-order chi connectivity index (χ1) is 13.8. The molecule has 1 aliphatic rings. The number of rotatable bonds is 7. The highest BCUT2D eigenvalue weighted by molar-refractivity contribution is 5.80. The molecule has 3 rings (SSSR count). The van der Waals surface area contributed by atoms with Crippen molar-refractivity contribution in [3.8, 4) is 0 Å². The van der Waals surface area contributed by atoms with E-state index < -0.39 is 0 Å². The Hall–Kier alpha value is -2.56. The Bertz CT molecular complexity index is 765. The monoisotopic (exact) mass is 379 g/mol. The van der Waals surface area contributed by atoms with Crippen LogP contribution in [0.5, 0.6) is 0 Å². The van der Waals surface area contributed by atoms with Crippen molar-refractivity contribution in [1.29, 1.82) is 0 Å². The van der Waals surface area contributed by atoms with E-state index in [1.807, 2.05) is 6.20 Å². The molecule has 0 spiro atoms. The van der Waals surface area contributed by atoms with E-state index in [9.17, 15) is 0 Å². The number of hydrogen-bond acceptors (Lipinski definition) is 2. The molecule has 0 unspecified atom stereocenters. The highest BCUT2D eigenvalue weighted by Crippen LogP contribution is 2.19. The number of unbranched alkanes of at least 4 members (excludes halogenated alkanes) is 1. The van der Waals surface area contributed by atoms with Gasteiger partial charge in [-0.25, -0.2) is 4.98 Å². The third-order valence-corrected chi connectivity index (χ3v) is 5.20. The molecule has 1 aromatic heterocycles. The van der Waals surface area contributed by atoms with E-state index in [-0.39, 0.29) is 0 Å². The molecule has 1 saturated heterocycles. The van der Waals surface area contributed by atoms with Crippen LogP contribution >= 0.6 is 0 Å². The largest absolute Gasteiger partial charge is 0.357 e. The molecule has 1 fully saturated rings. The number of aromatic nitrogens is 2. The molecule has 5 nitrogen and oxygen atoms in total. The first kappa shape index (κ1) is 20.2. The molecular formula is C23H33N5. The van der Waals surface area contributed by atoms with Crippen LogP contribution < -0.4 is 5.32 Å². The first-order valence-corrected chi connectivity index (χ1v) is 10.5. The molecule has 0 bridgehead atoms. The Kier molecular flexibility index (Phi) is 7.71. The van der Waals surface area contributed by atoms with E-state index in [0.29, 0.717) is 0 Å². The summed E-state index contributed by atoms with van der Waals surface area (Å²) in [6.45, 7) is 9.09. The summed E-state index contributed by atoms with van der Waals surface area (Å²) in [4.78, 5) is 11.6. The predicted octanol–water partition coefficient (Wildman–Crippen LogP) is 4.12. The molecular weight excluding hydrogens is 346 g/mol. The van der Waals surface area contributed by atoms with E-state index in [1.165, 1.54) is 11.1 Å². The van der Waals surface area contributed by atoms with Gasteiger partial charge in [0.1, 0.15) is 5.82 Å². The van der Waals surface area contributed by atoms with Crippen LogP contribution in [0.25, 0.3) is 6.08 Å². The van der Waals surface area contributed by atoms with Crippen molar-refractivity contribution in [1.82, 2.24) is 19.8 Å². The van der Waals surface area contributed by atoms with Gasteiger partial charge < -0.3 is 14.8 Å². The Morgan fingerprint density at radius 2 is 1.96 bits per heavy atom. The fourth-order valence-corrected chi connectivity index (χ4v) is 3.58. The highest BCUT2D eigenvalue weighted by atomic mass is 15.3. The molecule has 0 atom stereocenters. The van der Waals surface area contributed by atoms with Crippen LogP contribution in [0.1, 0.15) is 44.0 Å². The van der Waals surface area contributed by atoms with Gasteiger partial charge in [-0.05, 0) is 45.1 Å². The summed E-state index contributed by atoms with van der Waals surface area (Å²) in [6.07, 6.45) is 10.7. The van der Waals surface area contributed by atoms with Crippen molar-refractivity contribution in [2.75, 3.05) is 26.2 Å². The Morgan fingerprint density at radius 1 is 1.18 bits per heavy atom. The van der Waals surface area contributed by atoms with Crippen molar-refractivity contribution in [3.63, 3.8) is 0 Å². The standard InChI is InChI=1S/C23H33N5/c1-3-24-23(26-13-7-8-15-27-18-14-25-20(27)2)28-16-11-22(12-17-28)19-21-9-5-4-6-10-21/h4-6,9-10,14,18-19H,3,7-8,11-13,15-17H2,1-2H3,(H,24,26). The van der Waals surface area contributed by atoms with Crippen LogP contribution in [-0.2, 0) is 6.54 Å². The number of piperidine rings is 1. The normalized spacial score (nSPS) is 15.0. The van der Waals surface area contributed by atoms with Gasteiger partial charge in [0.05, 0.1) is 0 Å². The molecule has 0 saturated carbocycles. The lowest BCUT2D eigenvalue weighted by atomic mass is 10.0.